The van der Waals surface area contributed by atoms with Crippen LogP contribution in [0.4, 0.5) is 8.78 Å². The smallest absolute Gasteiger partial charge is 0.290 e. The summed E-state index contributed by atoms with van der Waals surface area (Å²) < 4.78 is 23.7. The van der Waals surface area contributed by atoms with Gasteiger partial charge in [0.2, 0.25) is 0 Å². The molecule has 0 radical (unpaired) electrons. The zero-order valence-electron chi connectivity index (χ0n) is 5.34. The molecule has 0 aromatic carbocycles. The predicted octanol–water partition coefficient (Wildman–Crippen LogP) is 1.02. The third-order valence-electron chi connectivity index (χ3n) is 1.16. The number of nitrogens with one attached hydrogen (secondary N) is 1. The molecule has 0 atom stereocenters. The molecule has 0 amide bonds. The summed E-state index contributed by atoms with van der Waals surface area (Å²) in [4.78, 5) is 12.4. The van der Waals surface area contributed by atoms with E-state index < -0.39 is 23.3 Å². The largest absolute Gasteiger partial charge is 0.503 e. The predicted molar refractivity (Wildman–Crippen MR) is 33.7 cm³/mol. The summed E-state index contributed by atoms with van der Waals surface area (Å²) in [6, 6.07) is 0.740. The lowest BCUT2D eigenvalue weighted by molar-refractivity contribution is 0.150. The molecular formula is C6H5F2NO2. The first-order valence-electron chi connectivity index (χ1n) is 2.81. The highest BCUT2D eigenvalue weighted by Crippen LogP contribution is 2.18. The van der Waals surface area contributed by atoms with Crippen LogP contribution in [0.15, 0.2) is 17.1 Å². The molecule has 0 aliphatic rings. The minimum atomic E-state index is -2.68. The fraction of sp³-hybridized carbons (Fsp3) is 0.167. The molecule has 0 fully saturated rings. The zero-order chi connectivity index (χ0) is 8.43. The number of alkyl halides is 2. The second-order valence-electron chi connectivity index (χ2n) is 1.95. The molecule has 0 aliphatic heterocycles. The van der Waals surface area contributed by atoms with Crippen LogP contribution in [-0.4, -0.2) is 10.1 Å². The Balaban J connectivity index is 3.15. The highest BCUT2D eigenvalue weighted by molar-refractivity contribution is 5.22. The number of rotatable bonds is 1. The zero-order valence-corrected chi connectivity index (χ0v) is 5.34. The highest BCUT2D eigenvalue weighted by Gasteiger charge is 2.08. The second-order valence-corrected chi connectivity index (χ2v) is 1.95. The Morgan fingerprint density at radius 1 is 1.55 bits per heavy atom. The van der Waals surface area contributed by atoms with Crippen molar-refractivity contribution in [1.82, 2.24) is 4.98 Å². The number of hydrogen-bond donors (Lipinski definition) is 2. The van der Waals surface area contributed by atoms with Crippen molar-refractivity contribution in [2.24, 2.45) is 0 Å². The van der Waals surface area contributed by atoms with E-state index in [9.17, 15) is 13.6 Å². The molecule has 60 valence electrons. The number of pyridine rings is 1. The first kappa shape index (κ1) is 7.71. The van der Waals surface area contributed by atoms with Gasteiger partial charge in [0.1, 0.15) is 0 Å². The molecule has 1 heterocycles. The van der Waals surface area contributed by atoms with Crippen molar-refractivity contribution >= 4 is 0 Å². The lowest BCUT2D eigenvalue weighted by Gasteiger charge is -1.97. The van der Waals surface area contributed by atoms with Crippen molar-refractivity contribution < 1.29 is 13.9 Å². The van der Waals surface area contributed by atoms with Crippen molar-refractivity contribution in [3.8, 4) is 5.75 Å². The Kier molecular flexibility index (Phi) is 1.89. The van der Waals surface area contributed by atoms with E-state index in [0.717, 1.165) is 12.3 Å². The maximum atomic E-state index is 11.8. The molecule has 0 unspecified atom stereocenters. The van der Waals surface area contributed by atoms with Crippen LogP contribution in [0.1, 0.15) is 12.0 Å². The SMILES string of the molecule is O=c1[nH]cc(C(F)F)cc1O. The van der Waals surface area contributed by atoms with Gasteiger partial charge in [-0.15, -0.1) is 0 Å². The van der Waals surface area contributed by atoms with E-state index in [2.05, 4.69) is 0 Å². The van der Waals surface area contributed by atoms with Crippen molar-refractivity contribution in [2.75, 3.05) is 0 Å². The second kappa shape index (κ2) is 2.69. The normalized spacial score (nSPS) is 10.5. The molecule has 0 bridgehead atoms. The first-order chi connectivity index (χ1) is 5.11. The number of hydrogen-bond acceptors (Lipinski definition) is 2. The van der Waals surface area contributed by atoms with Crippen LogP contribution in [0.5, 0.6) is 5.75 Å². The van der Waals surface area contributed by atoms with E-state index >= 15 is 0 Å². The lowest BCUT2D eigenvalue weighted by atomic mass is 10.3. The standard InChI is InChI=1S/C6H5F2NO2/c7-5(8)3-1-4(10)6(11)9-2-3/h1-2,5,10H,(H,9,11). The molecule has 11 heavy (non-hydrogen) atoms. The van der Waals surface area contributed by atoms with Gasteiger partial charge in [0.05, 0.1) is 0 Å². The van der Waals surface area contributed by atoms with E-state index in [1.54, 1.807) is 0 Å². The minimum Gasteiger partial charge on any atom is -0.503 e. The van der Waals surface area contributed by atoms with Crippen LogP contribution >= 0.6 is 0 Å². The van der Waals surface area contributed by atoms with Gasteiger partial charge in [0, 0.05) is 11.8 Å². The third kappa shape index (κ3) is 1.54. The summed E-state index contributed by atoms with van der Waals surface area (Å²) in [7, 11) is 0. The molecule has 3 nitrogen and oxygen atoms in total. The van der Waals surface area contributed by atoms with Crippen molar-refractivity contribution in [3.05, 3.63) is 28.2 Å². The van der Waals surface area contributed by atoms with Crippen molar-refractivity contribution in [1.29, 1.82) is 0 Å². The van der Waals surface area contributed by atoms with E-state index in [-0.39, 0.29) is 0 Å². The summed E-state index contributed by atoms with van der Waals surface area (Å²) >= 11 is 0. The van der Waals surface area contributed by atoms with Gasteiger partial charge in [-0.3, -0.25) is 4.79 Å². The summed E-state index contributed by atoms with van der Waals surface area (Å²) in [5.41, 5.74) is -1.17. The third-order valence-corrected chi connectivity index (χ3v) is 1.16. The van der Waals surface area contributed by atoms with E-state index in [4.69, 9.17) is 5.11 Å². The van der Waals surface area contributed by atoms with E-state index in [1.165, 1.54) is 0 Å². The minimum absolute atomic E-state index is 0.401. The molecule has 0 saturated heterocycles. The number of halogens is 2. The fourth-order valence-electron chi connectivity index (χ4n) is 0.614. The lowest BCUT2D eigenvalue weighted by Crippen LogP contribution is -2.04. The van der Waals surface area contributed by atoms with Crippen LogP contribution in [-0.2, 0) is 0 Å². The average Bonchev–Trinajstić information content (AvgIpc) is 1.94. The van der Waals surface area contributed by atoms with Crippen LogP contribution in [0.2, 0.25) is 0 Å². The van der Waals surface area contributed by atoms with Crippen molar-refractivity contribution in [2.45, 2.75) is 6.43 Å². The van der Waals surface area contributed by atoms with Crippen molar-refractivity contribution in [3.63, 3.8) is 0 Å². The molecule has 1 aromatic rings. The van der Waals surface area contributed by atoms with Gasteiger partial charge in [-0.05, 0) is 6.07 Å². The molecule has 5 heteroatoms. The number of aromatic amines is 1. The van der Waals surface area contributed by atoms with Crippen LogP contribution in [0.25, 0.3) is 0 Å². The van der Waals surface area contributed by atoms with Gasteiger partial charge < -0.3 is 10.1 Å². The molecular weight excluding hydrogens is 156 g/mol. The molecule has 1 rings (SSSR count). The molecule has 2 N–H and O–H groups in total. The highest BCUT2D eigenvalue weighted by atomic mass is 19.3. The monoisotopic (exact) mass is 161 g/mol. The number of aromatic nitrogens is 1. The Morgan fingerprint density at radius 3 is 2.64 bits per heavy atom. The van der Waals surface area contributed by atoms with Crippen LogP contribution in [0.3, 0.4) is 0 Å². The fourth-order valence-corrected chi connectivity index (χ4v) is 0.614. The van der Waals surface area contributed by atoms with Gasteiger partial charge in [0.25, 0.3) is 12.0 Å². The Morgan fingerprint density at radius 2 is 2.18 bits per heavy atom. The van der Waals surface area contributed by atoms with E-state index in [0.29, 0.717) is 0 Å². The topological polar surface area (TPSA) is 53.1 Å². The maximum Gasteiger partial charge on any atom is 0.290 e. The van der Waals surface area contributed by atoms with Gasteiger partial charge in [-0.2, -0.15) is 0 Å². The van der Waals surface area contributed by atoms with Gasteiger partial charge in [0.15, 0.2) is 5.75 Å². The molecule has 0 spiro atoms. The molecule has 0 aliphatic carbocycles. The Bertz CT molecular complexity index is 308. The summed E-state index contributed by atoms with van der Waals surface area (Å²) in [5, 5.41) is 8.67. The van der Waals surface area contributed by atoms with Gasteiger partial charge in [-0.25, -0.2) is 8.78 Å². The Labute approximate surface area is 60.3 Å². The maximum absolute atomic E-state index is 11.8. The average molecular weight is 161 g/mol. The van der Waals surface area contributed by atoms with Crippen LogP contribution in [0, 0.1) is 0 Å². The first-order valence-corrected chi connectivity index (χ1v) is 2.81. The summed E-state index contributed by atoms with van der Waals surface area (Å²) in [6.45, 7) is 0. The molecule has 0 saturated carbocycles. The summed E-state index contributed by atoms with van der Waals surface area (Å²) in [6.07, 6.45) is -1.81. The summed E-state index contributed by atoms with van der Waals surface area (Å²) in [5.74, 6) is -0.692. The van der Waals surface area contributed by atoms with Gasteiger partial charge >= 0.3 is 0 Å². The van der Waals surface area contributed by atoms with Crippen LogP contribution < -0.4 is 5.56 Å². The number of aromatic hydroxyl groups is 1. The van der Waals surface area contributed by atoms with E-state index in [1.807, 2.05) is 4.98 Å². The van der Waals surface area contributed by atoms with Gasteiger partial charge in [-0.1, -0.05) is 0 Å². The number of H-pyrrole nitrogens is 1. The molecule has 1 aromatic heterocycles. The Hall–Kier alpha value is -1.39. The quantitative estimate of drug-likeness (QED) is 0.646.